The highest BCUT2D eigenvalue weighted by Gasteiger charge is 2.60. The van der Waals surface area contributed by atoms with Gasteiger partial charge in [-0.2, -0.15) is 0 Å². The molecular formula is C13H22N4O. The molecule has 1 aromatic rings. The summed E-state index contributed by atoms with van der Waals surface area (Å²) in [5, 5.41) is 3.09. The Morgan fingerprint density at radius 1 is 1.39 bits per heavy atom. The summed E-state index contributed by atoms with van der Waals surface area (Å²) >= 11 is 0. The van der Waals surface area contributed by atoms with Gasteiger partial charge in [0.15, 0.2) is 0 Å². The van der Waals surface area contributed by atoms with Crippen LogP contribution in [0.5, 0.6) is 0 Å². The van der Waals surface area contributed by atoms with Crippen molar-refractivity contribution in [2.24, 2.45) is 23.6 Å². The number of nitrogens with one attached hydrogen (secondary N) is 1. The van der Waals surface area contributed by atoms with Crippen molar-refractivity contribution in [3.8, 4) is 0 Å². The van der Waals surface area contributed by atoms with Crippen molar-refractivity contribution >= 4 is 5.91 Å². The van der Waals surface area contributed by atoms with E-state index in [4.69, 9.17) is 5.73 Å². The maximum atomic E-state index is 12.2. The Morgan fingerprint density at radius 2 is 1.94 bits per heavy atom. The highest BCUT2D eigenvalue weighted by molar-refractivity contribution is 5.92. The van der Waals surface area contributed by atoms with Crippen LogP contribution in [-0.4, -0.2) is 27.5 Å². The molecule has 3 N–H and O–H groups in total. The second kappa shape index (κ2) is 3.82. The SMILES string of the molecule is Cn1cncc1C(=O)NC1C(C)(C)C(N)C1(C)C. The maximum absolute atomic E-state index is 12.2. The van der Waals surface area contributed by atoms with Gasteiger partial charge in [-0.05, 0) is 0 Å². The average molecular weight is 250 g/mol. The van der Waals surface area contributed by atoms with Gasteiger partial charge >= 0.3 is 0 Å². The fourth-order valence-electron chi connectivity index (χ4n) is 3.33. The van der Waals surface area contributed by atoms with E-state index in [1.165, 1.54) is 0 Å². The molecule has 18 heavy (non-hydrogen) atoms. The van der Waals surface area contributed by atoms with Gasteiger partial charge in [-0.3, -0.25) is 4.79 Å². The molecule has 0 spiro atoms. The molecule has 0 bridgehead atoms. The lowest BCUT2D eigenvalue weighted by atomic mass is 9.48. The van der Waals surface area contributed by atoms with Gasteiger partial charge in [0.25, 0.3) is 5.91 Å². The summed E-state index contributed by atoms with van der Waals surface area (Å²) in [6.45, 7) is 8.38. The van der Waals surface area contributed by atoms with Crippen molar-refractivity contribution in [3.63, 3.8) is 0 Å². The van der Waals surface area contributed by atoms with Crippen LogP contribution in [0.4, 0.5) is 0 Å². The zero-order valence-electron chi connectivity index (χ0n) is 11.7. The van der Waals surface area contributed by atoms with Crippen LogP contribution in [0.25, 0.3) is 0 Å². The fraction of sp³-hybridized carbons (Fsp3) is 0.692. The number of nitrogens with two attached hydrogens (primary N) is 1. The quantitative estimate of drug-likeness (QED) is 0.819. The van der Waals surface area contributed by atoms with E-state index in [1.54, 1.807) is 17.1 Å². The Hall–Kier alpha value is -1.36. The summed E-state index contributed by atoms with van der Waals surface area (Å²) in [7, 11) is 1.81. The molecule has 0 saturated heterocycles. The minimum Gasteiger partial charge on any atom is -0.347 e. The van der Waals surface area contributed by atoms with Gasteiger partial charge in [-0.15, -0.1) is 0 Å². The molecule has 2 rings (SSSR count). The van der Waals surface area contributed by atoms with E-state index in [0.29, 0.717) is 5.69 Å². The molecule has 5 nitrogen and oxygen atoms in total. The van der Waals surface area contributed by atoms with Crippen molar-refractivity contribution in [3.05, 3.63) is 18.2 Å². The predicted molar refractivity (Wildman–Crippen MR) is 70.0 cm³/mol. The van der Waals surface area contributed by atoms with Gasteiger partial charge in [0.2, 0.25) is 0 Å². The van der Waals surface area contributed by atoms with E-state index in [9.17, 15) is 4.79 Å². The zero-order valence-corrected chi connectivity index (χ0v) is 11.7. The Labute approximate surface area is 108 Å². The minimum absolute atomic E-state index is 0.0717. The van der Waals surface area contributed by atoms with Crippen LogP contribution in [0.1, 0.15) is 38.2 Å². The lowest BCUT2D eigenvalue weighted by Gasteiger charge is -2.62. The Kier molecular flexibility index (Phi) is 2.77. The molecule has 1 saturated carbocycles. The normalized spacial score (nSPS) is 28.6. The molecule has 0 radical (unpaired) electrons. The molecule has 1 aliphatic carbocycles. The number of hydrogen-bond acceptors (Lipinski definition) is 3. The van der Waals surface area contributed by atoms with Gasteiger partial charge < -0.3 is 15.6 Å². The van der Waals surface area contributed by atoms with Crippen LogP contribution < -0.4 is 11.1 Å². The van der Waals surface area contributed by atoms with E-state index < -0.39 is 0 Å². The molecule has 0 aromatic carbocycles. The number of nitrogens with zero attached hydrogens (tertiary/aromatic N) is 2. The molecule has 5 heteroatoms. The van der Waals surface area contributed by atoms with E-state index in [2.05, 4.69) is 38.0 Å². The molecule has 1 fully saturated rings. The smallest absolute Gasteiger partial charge is 0.269 e. The van der Waals surface area contributed by atoms with Crippen LogP contribution in [0.2, 0.25) is 0 Å². The number of aromatic nitrogens is 2. The lowest BCUT2D eigenvalue weighted by molar-refractivity contribution is -0.0664. The summed E-state index contributed by atoms with van der Waals surface area (Å²) in [6.07, 6.45) is 3.20. The summed E-state index contributed by atoms with van der Waals surface area (Å²) < 4.78 is 1.72. The molecule has 0 aliphatic heterocycles. The van der Waals surface area contributed by atoms with Crippen LogP contribution in [0.15, 0.2) is 12.5 Å². The van der Waals surface area contributed by atoms with Crippen LogP contribution in [-0.2, 0) is 7.05 Å². The van der Waals surface area contributed by atoms with Crippen LogP contribution >= 0.6 is 0 Å². The molecule has 1 aliphatic rings. The standard InChI is InChI=1S/C13H22N4O/c1-12(2)10(14)13(3,4)11(12)16-9(18)8-6-15-7-17(8)5/h6-7,10-11H,14H2,1-5H3,(H,16,18). The van der Waals surface area contributed by atoms with Gasteiger partial charge in [0.05, 0.1) is 12.5 Å². The predicted octanol–water partition coefficient (Wildman–Crippen LogP) is 0.912. The van der Waals surface area contributed by atoms with Gasteiger partial charge in [-0.1, -0.05) is 27.7 Å². The van der Waals surface area contributed by atoms with Crippen molar-refractivity contribution in [2.45, 2.75) is 39.8 Å². The first-order chi connectivity index (χ1) is 8.19. The second-order valence-corrected chi connectivity index (χ2v) is 6.42. The van der Waals surface area contributed by atoms with Crippen molar-refractivity contribution in [1.29, 1.82) is 0 Å². The maximum Gasteiger partial charge on any atom is 0.269 e. The van der Waals surface area contributed by atoms with E-state index in [1.807, 2.05) is 7.05 Å². The van der Waals surface area contributed by atoms with Crippen molar-refractivity contribution in [2.75, 3.05) is 0 Å². The molecule has 100 valence electrons. The topological polar surface area (TPSA) is 72.9 Å². The first-order valence-electron chi connectivity index (χ1n) is 6.21. The Morgan fingerprint density at radius 3 is 2.39 bits per heavy atom. The summed E-state index contributed by atoms with van der Waals surface area (Å²) in [4.78, 5) is 16.2. The second-order valence-electron chi connectivity index (χ2n) is 6.42. The third-order valence-electron chi connectivity index (χ3n) is 4.42. The first kappa shape index (κ1) is 13.1. The highest BCUT2D eigenvalue weighted by atomic mass is 16.2. The van der Waals surface area contributed by atoms with Crippen molar-refractivity contribution in [1.82, 2.24) is 14.9 Å². The number of aryl methyl sites for hydroxylation is 1. The number of carbonyl (C=O) groups excluding carboxylic acids is 1. The van der Waals surface area contributed by atoms with Crippen LogP contribution in [0.3, 0.4) is 0 Å². The largest absolute Gasteiger partial charge is 0.347 e. The third-order valence-corrected chi connectivity index (χ3v) is 4.42. The first-order valence-corrected chi connectivity index (χ1v) is 6.21. The average Bonchev–Trinajstić information content (AvgIpc) is 2.70. The number of carbonyl (C=O) groups is 1. The lowest BCUT2D eigenvalue weighted by Crippen LogP contribution is -2.76. The third kappa shape index (κ3) is 1.65. The van der Waals surface area contributed by atoms with Crippen LogP contribution in [0, 0.1) is 10.8 Å². The number of amides is 1. The molecular weight excluding hydrogens is 228 g/mol. The molecule has 0 atom stereocenters. The summed E-state index contributed by atoms with van der Waals surface area (Å²) in [5.74, 6) is -0.0898. The molecule has 1 aromatic heterocycles. The number of imidazole rings is 1. The fourth-order valence-corrected chi connectivity index (χ4v) is 3.33. The van der Waals surface area contributed by atoms with E-state index in [-0.39, 0.29) is 28.8 Å². The summed E-state index contributed by atoms with van der Waals surface area (Å²) in [6, 6.07) is 0.157. The van der Waals surface area contributed by atoms with Crippen molar-refractivity contribution < 1.29 is 4.79 Å². The monoisotopic (exact) mass is 250 g/mol. The highest BCUT2D eigenvalue weighted by Crippen LogP contribution is 2.52. The summed E-state index contributed by atoms with van der Waals surface area (Å²) in [5.41, 5.74) is 6.58. The van der Waals surface area contributed by atoms with Gasteiger partial charge in [-0.25, -0.2) is 4.98 Å². The molecule has 1 amide bonds. The minimum atomic E-state index is -0.0898. The van der Waals surface area contributed by atoms with Gasteiger partial charge in [0.1, 0.15) is 5.69 Å². The Balaban J connectivity index is 2.16. The van der Waals surface area contributed by atoms with Gasteiger partial charge in [0, 0.05) is 30.0 Å². The molecule has 1 heterocycles. The number of rotatable bonds is 2. The van der Waals surface area contributed by atoms with E-state index >= 15 is 0 Å². The number of hydrogen-bond donors (Lipinski definition) is 2. The Bertz CT molecular complexity index is 459. The van der Waals surface area contributed by atoms with E-state index in [0.717, 1.165) is 0 Å². The zero-order chi connectivity index (χ0) is 13.7. The molecule has 0 unspecified atom stereocenters.